The van der Waals surface area contributed by atoms with Crippen LogP contribution in [-0.4, -0.2) is 69.4 Å². The molecular formula is C19H19F10N5O2. The molecule has 2 aliphatic heterocycles. The molecule has 2 aliphatic rings. The summed E-state index contributed by atoms with van der Waals surface area (Å²) in [6, 6.07) is -1.15. The summed E-state index contributed by atoms with van der Waals surface area (Å²) in [5.41, 5.74) is 2.26. The number of hydrogen-bond acceptors (Lipinski definition) is 5. The maximum Gasteiger partial charge on any atom is 0.461 e. The summed E-state index contributed by atoms with van der Waals surface area (Å²) in [6.07, 6.45) is -13.9. The van der Waals surface area contributed by atoms with Crippen LogP contribution in [0.25, 0.3) is 0 Å². The van der Waals surface area contributed by atoms with Gasteiger partial charge in [0.2, 0.25) is 17.6 Å². The first-order valence-electron chi connectivity index (χ1n) is 10.4. The van der Waals surface area contributed by atoms with Crippen molar-refractivity contribution in [2.24, 2.45) is 5.73 Å². The molecule has 3 rings (SSSR count). The summed E-state index contributed by atoms with van der Waals surface area (Å²) in [4.78, 5) is 31.5. The largest absolute Gasteiger partial charge is 0.461 e. The third-order valence-corrected chi connectivity index (χ3v) is 5.69. The van der Waals surface area contributed by atoms with E-state index in [2.05, 4.69) is 9.97 Å². The fourth-order valence-corrected chi connectivity index (χ4v) is 3.91. The molecule has 0 spiro atoms. The first-order valence-corrected chi connectivity index (χ1v) is 10.4. The highest BCUT2D eigenvalue weighted by molar-refractivity contribution is 5.78. The number of aromatic nitrogens is 2. The lowest BCUT2D eigenvalue weighted by Gasteiger charge is -2.34. The van der Waals surface area contributed by atoms with Crippen molar-refractivity contribution in [1.29, 1.82) is 0 Å². The van der Waals surface area contributed by atoms with Crippen LogP contribution >= 0.6 is 0 Å². The number of amides is 2. The fraction of sp³-hybridized carbons (Fsp3) is 0.684. The second-order valence-corrected chi connectivity index (χ2v) is 8.55. The zero-order chi connectivity index (χ0) is 27.3. The second-order valence-electron chi connectivity index (χ2n) is 8.55. The maximum absolute atomic E-state index is 13.7. The van der Waals surface area contributed by atoms with Crippen molar-refractivity contribution < 1.29 is 53.5 Å². The van der Waals surface area contributed by atoms with Gasteiger partial charge in [-0.1, -0.05) is 0 Å². The average Bonchev–Trinajstić information content (AvgIpc) is 2.73. The van der Waals surface area contributed by atoms with Crippen LogP contribution in [-0.2, 0) is 34.7 Å². The predicted octanol–water partition coefficient (Wildman–Crippen LogP) is 3.01. The first kappa shape index (κ1) is 27.9. The van der Waals surface area contributed by atoms with Crippen LogP contribution in [0.15, 0.2) is 0 Å². The third kappa shape index (κ3) is 5.81. The zero-order valence-corrected chi connectivity index (χ0v) is 18.2. The highest BCUT2D eigenvalue weighted by Crippen LogP contribution is 2.44. The summed E-state index contributed by atoms with van der Waals surface area (Å²) >= 11 is 0. The first-order chi connectivity index (χ1) is 16.3. The molecule has 0 bridgehead atoms. The number of piperidine rings is 1. The van der Waals surface area contributed by atoms with Gasteiger partial charge in [-0.15, -0.1) is 0 Å². The molecule has 202 valence electrons. The van der Waals surface area contributed by atoms with Crippen LogP contribution in [0.2, 0.25) is 0 Å². The molecule has 0 aromatic carbocycles. The molecule has 36 heavy (non-hydrogen) atoms. The number of halogens is 10. The number of nitrogens with zero attached hydrogens (tertiary/aromatic N) is 4. The molecule has 0 unspecified atom stereocenters. The summed E-state index contributed by atoms with van der Waals surface area (Å²) in [7, 11) is 0. The highest BCUT2D eigenvalue weighted by atomic mass is 19.4. The predicted molar refractivity (Wildman–Crippen MR) is 99.5 cm³/mol. The molecule has 2 N–H and O–H groups in total. The third-order valence-electron chi connectivity index (χ3n) is 5.69. The van der Waals surface area contributed by atoms with Crippen molar-refractivity contribution >= 4 is 11.8 Å². The van der Waals surface area contributed by atoms with E-state index in [-0.39, 0.29) is 6.54 Å². The van der Waals surface area contributed by atoms with Gasteiger partial charge >= 0.3 is 18.3 Å². The van der Waals surface area contributed by atoms with Crippen LogP contribution < -0.4 is 5.73 Å². The van der Waals surface area contributed by atoms with E-state index >= 15 is 0 Å². The number of rotatable bonds is 5. The lowest BCUT2D eigenvalue weighted by molar-refractivity contribution is -0.293. The molecule has 1 fully saturated rings. The van der Waals surface area contributed by atoms with Gasteiger partial charge in [-0.2, -0.15) is 35.1 Å². The van der Waals surface area contributed by atoms with Crippen molar-refractivity contribution in [3.05, 3.63) is 22.8 Å². The normalized spacial score (nSPS) is 19.8. The van der Waals surface area contributed by atoms with E-state index < -0.39 is 110 Å². The van der Waals surface area contributed by atoms with E-state index in [1.165, 1.54) is 0 Å². The van der Waals surface area contributed by atoms with Crippen molar-refractivity contribution in [1.82, 2.24) is 19.8 Å². The second kappa shape index (κ2) is 9.30. The quantitative estimate of drug-likeness (QED) is 0.581. The summed E-state index contributed by atoms with van der Waals surface area (Å²) in [5.74, 6) is -12.8. The Balaban J connectivity index is 1.79. The molecular weight excluding hydrogens is 520 g/mol. The van der Waals surface area contributed by atoms with Crippen LogP contribution in [0, 0.1) is 0 Å². The molecule has 1 saturated heterocycles. The highest BCUT2D eigenvalue weighted by Gasteiger charge is 2.62. The van der Waals surface area contributed by atoms with Crippen molar-refractivity contribution in [2.75, 3.05) is 19.6 Å². The SMILES string of the molecule is N[C@@H](CC(=O)N1CCc2c(nc(C(F)(F)C(F)(F)F)nc2C(F)(F)F)C1)CN1CC(F)(F)CCC1=O. The van der Waals surface area contributed by atoms with Gasteiger partial charge in [-0.3, -0.25) is 9.59 Å². The molecule has 0 radical (unpaired) electrons. The van der Waals surface area contributed by atoms with E-state index in [0.717, 1.165) is 9.80 Å². The average molecular weight is 539 g/mol. The Morgan fingerprint density at radius 2 is 1.69 bits per heavy atom. The molecule has 17 heteroatoms. The smallest absolute Gasteiger partial charge is 0.336 e. The molecule has 2 amide bonds. The Morgan fingerprint density at radius 1 is 1.06 bits per heavy atom. The lowest BCUT2D eigenvalue weighted by atomic mass is 10.0. The number of carbonyl (C=O) groups excluding carboxylic acids is 2. The fourth-order valence-electron chi connectivity index (χ4n) is 3.91. The van der Waals surface area contributed by atoms with Gasteiger partial charge in [0.1, 0.15) is 0 Å². The minimum atomic E-state index is -6.27. The molecule has 1 aromatic heterocycles. The van der Waals surface area contributed by atoms with E-state index in [1.54, 1.807) is 0 Å². The van der Waals surface area contributed by atoms with Gasteiger partial charge in [0.05, 0.1) is 18.8 Å². The Morgan fingerprint density at radius 3 is 2.28 bits per heavy atom. The Kier molecular flexibility index (Phi) is 7.20. The number of carbonyl (C=O) groups is 2. The topological polar surface area (TPSA) is 92.4 Å². The van der Waals surface area contributed by atoms with E-state index in [9.17, 15) is 53.5 Å². The molecule has 1 aromatic rings. The van der Waals surface area contributed by atoms with E-state index in [4.69, 9.17) is 5.73 Å². The number of alkyl halides is 10. The van der Waals surface area contributed by atoms with E-state index in [0.29, 0.717) is 0 Å². The summed E-state index contributed by atoms with van der Waals surface area (Å²) in [6.45, 7) is -2.56. The Labute approximate surface area is 196 Å². The molecule has 7 nitrogen and oxygen atoms in total. The number of likely N-dealkylation sites (tertiary alicyclic amines) is 1. The Bertz CT molecular complexity index is 1030. The number of nitrogens with two attached hydrogens (primary N) is 1. The summed E-state index contributed by atoms with van der Waals surface area (Å²) in [5, 5.41) is 0. The monoisotopic (exact) mass is 539 g/mol. The standard InChI is InChI=1S/C19H19F10N5O2/c20-16(21)3-1-12(35)34(8-16)6-9(30)5-13(36)33-4-2-10-11(7-33)31-15(17(22,23)19(27,28)29)32-14(10)18(24,25)26/h9H,1-8,30H2/t9-/m0/s1. The number of fused-ring (bicyclic) bond motifs is 1. The van der Waals surface area contributed by atoms with Crippen LogP contribution in [0.4, 0.5) is 43.9 Å². The van der Waals surface area contributed by atoms with Crippen LogP contribution in [0.3, 0.4) is 0 Å². The summed E-state index contributed by atoms with van der Waals surface area (Å²) < 4.78 is 133. The van der Waals surface area contributed by atoms with Gasteiger partial charge in [-0.05, 0) is 6.42 Å². The molecule has 3 heterocycles. The minimum absolute atomic E-state index is 0.388. The van der Waals surface area contributed by atoms with Gasteiger partial charge in [0, 0.05) is 44.0 Å². The van der Waals surface area contributed by atoms with Crippen molar-refractivity contribution in [3.63, 3.8) is 0 Å². The Hall–Kier alpha value is -2.72. The molecule has 0 aliphatic carbocycles. The van der Waals surface area contributed by atoms with Crippen LogP contribution in [0.5, 0.6) is 0 Å². The molecule has 0 saturated carbocycles. The van der Waals surface area contributed by atoms with Gasteiger partial charge < -0.3 is 15.5 Å². The maximum atomic E-state index is 13.7. The van der Waals surface area contributed by atoms with Crippen LogP contribution in [0.1, 0.15) is 42.0 Å². The minimum Gasteiger partial charge on any atom is -0.336 e. The van der Waals surface area contributed by atoms with Gasteiger partial charge in [0.25, 0.3) is 5.92 Å². The van der Waals surface area contributed by atoms with Crippen molar-refractivity contribution in [2.45, 2.75) is 62.5 Å². The lowest BCUT2D eigenvalue weighted by Crippen LogP contribution is -2.51. The van der Waals surface area contributed by atoms with E-state index in [1.807, 2.05) is 0 Å². The number of hydrogen-bond donors (Lipinski definition) is 1. The van der Waals surface area contributed by atoms with Gasteiger partial charge in [0.15, 0.2) is 5.69 Å². The van der Waals surface area contributed by atoms with Crippen molar-refractivity contribution in [3.8, 4) is 0 Å². The zero-order valence-electron chi connectivity index (χ0n) is 18.2. The van der Waals surface area contributed by atoms with Gasteiger partial charge in [-0.25, -0.2) is 18.7 Å². The molecule has 1 atom stereocenters.